The minimum Gasteiger partial charge on any atom is -0.370 e. The topological polar surface area (TPSA) is 48.1 Å². The maximum Gasteiger partial charge on any atom is 0.191 e. The molecule has 5 nitrogen and oxygen atoms in total. The average Bonchev–Trinajstić information content (AvgIpc) is 2.68. The Morgan fingerprint density at radius 1 is 1.04 bits per heavy atom. The van der Waals surface area contributed by atoms with Gasteiger partial charge in [0.05, 0.1) is 6.54 Å². The van der Waals surface area contributed by atoms with E-state index in [9.17, 15) is 0 Å². The summed E-state index contributed by atoms with van der Waals surface area (Å²) in [5, 5.41) is 0. The SMILES string of the molecule is CCN1CCN(Cc2ccc(CN=C(N)N3CCCC(C)C3)cc2)CC1.I. The first kappa shape index (κ1) is 22.4. The first-order valence-electron chi connectivity index (χ1n) is 10.2. The lowest BCUT2D eigenvalue weighted by Crippen LogP contribution is -2.45. The molecule has 0 aromatic heterocycles. The van der Waals surface area contributed by atoms with Crippen LogP contribution in [0.1, 0.15) is 37.8 Å². The van der Waals surface area contributed by atoms with E-state index < -0.39 is 0 Å². The predicted octanol–water partition coefficient (Wildman–Crippen LogP) is 2.99. The molecule has 152 valence electrons. The number of nitrogens with two attached hydrogens (primary N) is 1. The van der Waals surface area contributed by atoms with Crippen LogP contribution in [0, 0.1) is 5.92 Å². The molecule has 1 unspecified atom stereocenters. The molecule has 2 fully saturated rings. The molecule has 2 heterocycles. The molecule has 0 aliphatic carbocycles. The molecule has 0 amide bonds. The normalized spacial score (nSPS) is 22.5. The van der Waals surface area contributed by atoms with Crippen LogP contribution in [0.25, 0.3) is 0 Å². The minimum atomic E-state index is 0. The number of benzene rings is 1. The molecular formula is C21H36IN5. The zero-order valence-electron chi connectivity index (χ0n) is 16.9. The Labute approximate surface area is 182 Å². The lowest BCUT2D eigenvalue weighted by Gasteiger charge is -2.34. The Kier molecular flexibility index (Phi) is 9.32. The number of aliphatic imine (C=N–C) groups is 1. The number of piperazine rings is 1. The predicted molar refractivity (Wildman–Crippen MR) is 125 cm³/mol. The third-order valence-electron chi connectivity index (χ3n) is 5.75. The number of nitrogens with zero attached hydrogens (tertiary/aromatic N) is 4. The van der Waals surface area contributed by atoms with Gasteiger partial charge in [0.15, 0.2) is 5.96 Å². The molecule has 2 aliphatic heterocycles. The highest BCUT2D eigenvalue weighted by atomic mass is 127. The molecule has 0 bridgehead atoms. The second-order valence-electron chi connectivity index (χ2n) is 7.89. The zero-order valence-corrected chi connectivity index (χ0v) is 19.3. The lowest BCUT2D eigenvalue weighted by atomic mass is 10.0. The highest BCUT2D eigenvalue weighted by Gasteiger charge is 2.17. The molecule has 2 saturated heterocycles. The van der Waals surface area contributed by atoms with Crippen molar-refractivity contribution in [3.63, 3.8) is 0 Å². The number of likely N-dealkylation sites (tertiary alicyclic amines) is 1. The van der Waals surface area contributed by atoms with E-state index in [4.69, 9.17) is 5.73 Å². The fraction of sp³-hybridized carbons (Fsp3) is 0.667. The number of rotatable bonds is 5. The Balaban J connectivity index is 0.00000261. The van der Waals surface area contributed by atoms with Gasteiger partial charge < -0.3 is 15.5 Å². The molecule has 27 heavy (non-hydrogen) atoms. The largest absolute Gasteiger partial charge is 0.370 e. The number of hydrogen-bond donors (Lipinski definition) is 1. The number of piperidine rings is 1. The standard InChI is InChI=1S/C21H35N5.HI/c1-3-24-11-13-25(14-12-24)17-20-8-6-19(7-9-20)15-23-21(22)26-10-4-5-18(2)16-26;/h6-9,18H,3-5,10-17H2,1-2H3,(H2,22,23);1H. The average molecular weight is 485 g/mol. The van der Waals surface area contributed by atoms with E-state index in [1.54, 1.807) is 0 Å². The van der Waals surface area contributed by atoms with Gasteiger partial charge in [-0.25, -0.2) is 4.99 Å². The summed E-state index contributed by atoms with van der Waals surface area (Å²) in [5.41, 5.74) is 8.82. The highest BCUT2D eigenvalue weighted by molar-refractivity contribution is 14.0. The number of halogens is 1. The number of likely N-dealkylation sites (N-methyl/N-ethyl adjacent to an activating group) is 1. The fourth-order valence-corrected chi connectivity index (χ4v) is 3.94. The molecule has 0 spiro atoms. The quantitative estimate of drug-likeness (QED) is 0.396. The molecule has 2 aliphatic rings. The van der Waals surface area contributed by atoms with Crippen molar-refractivity contribution in [3.05, 3.63) is 35.4 Å². The van der Waals surface area contributed by atoms with Gasteiger partial charge in [-0.2, -0.15) is 0 Å². The van der Waals surface area contributed by atoms with Crippen molar-refractivity contribution in [1.29, 1.82) is 0 Å². The van der Waals surface area contributed by atoms with Gasteiger partial charge in [-0.05, 0) is 36.4 Å². The summed E-state index contributed by atoms with van der Waals surface area (Å²) in [4.78, 5) is 11.9. The van der Waals surface area contributed by atoms with Crippen LogP contribution in [0.3, 0.4) is 0 Å². The van der Waals surface area contributed by atoms with Gasteiger partial charge in [-0.1, -0.05) is 38.1 Å². The second-order valence-corrected chi connectivity index (χ2v) is 7.89. The van der Waals surface area contributed by atoms with Crippen LogP contribution in [0.15, 0.2) is 29.3 Å². The van der Waals surface area contributed by atoms with E-state index in [1.807, 2.05) is 0 Å². The van der Waals surface area contributed by atoms with E-state index in [1.165, 1.54) is 56.7 Å². The van der Waals surface area contributed by atoms with Crippen LogP contribution in [-0.2, 0) is 13.1 Å². The Morgan fingerprint density at radius 3 is 2.30 bits per heavy atom. The first-order chi connectivity index (χ1) is 12.6. The molecule has 1 aromatic rings. The summed E-state index contributed by atoms with van der Waals surface area (Å²) in [6, 6.07) is 8.90. The Morgan fingerprint density at radius 2 is 1.67 bits per heavy atom. The molecule has 2 N–H and O–H groups in total. The van der Waals surface area contributed by atoms with Crippen LogP contribution in [0.2, 0.25) is 0 Å². The molecule has 1 aromatic carbocycles. The smallest absolute Gasteiger partial charge is 0.191 e. The van der Waals surface area contributed by atoms with Crippen LogP contribution in [-0.4, -0.2) is 66.5 Å². The lowest BCUT2D eigenvalue weighted by molar-refractivity contribution is 0.132. The van der Waals surface area contributed by atoms with Crippen LogP contribution < -0.4 is 5.73 Å². The van der Waals surface area contributed by atoms with Gasteiger partial charge in [-0.15, -0.1) is 24.0 Å². The summed E-state index contributed by atoms with van der Waals surface area (Å²) >= 11 is 0. The summed E-state index contributed by atoms with van der Waals surface area (Å²) < 4.78 is 0. The van der Waals surface area contributed by atoms with E-state index in [0.29, 0.717) is 12.5 Å². The fourth-order valence-electron chi connectivity index (χ4n) is 3.94. The highest BCUT2D eigenvalue weighted by Crippen LogP contribution is 2.15. The number of hydrogen-bond acceptors (Lipinski definition) is 3. The maximum atomic E-state index is 6.20. The second kappa shape index (κ2) is 11.2. The minimum absolute atomic E-state index is 0. The van der Waals surface area contributed by atoms with Crippen LogP contribution in [0.4, 0.5) is 0 Å². The summed E-state index contributed by atoms with van der Waals surface area (Å²) in [6.45, 7) is 14.2. The number of guanidine groups is 1. The molecule has 0 radical (unpaired) electrons. The summed E-state index contributed by atoms with van der Waals surface area (Å²) in [7, 11) is 0. The molecule has 1 atom stereocenters. The van der Waals surface area contributed by atoms with E-state index in [0.717, 1.165) is 25.6 Å². The molecular weight excluding hydrogens is 449 g/mol. The van der Waals surface area contributed by atoms with Crippen molar-refractivity contribution in [2.75, 3.05) is 45.8 Å². The van der Waals surface area contributed by atoms with Gasteiger partial charge in [0.25, 0.3) is 0 Å². The third kappa shape index (κ3) is 6.91. The van der Waals surface area contributed by atoms with E-state index in [2.05, 4.69) is 57.8 Å². The molecule has 3 rings (SSSR count). The van der Waals surface area contributed by atoms with E-state index >= 15 is 0 Å². The Bertz CT molecular complexity index is 581. The third-order valence-corrected chi connectivity index (χ3v) is 5.75. The zero-order chi connectivity index (χ0) is 18.4. The van der Waals surface area contributed by atoms with Crippen LogP contribution in [0.5, 0.6) is 0 Å². The van der Waals surface area contributed by atoms with Crippen molar-refractivity contribution in [3.8, 4) is 0 Å². The monoisotopic (exact) mass is 485 g/mol. The van der Waals surface area contributed by atoms with Crippen molar-refractivity contribution >= 4 is 29.9 Å². The van der Waals surface area contributed by atoms with Crippen LogP contribution >= 0.6 is 24.0 Å². The van der Waals surface area contributed by atoms with Gasteiger partial charge in [0.2, 0.25) is 0 Å². The first-order valence-corrected chi connectivity index (χ1v) is 10.2. The van der Waals surface area contributed by atoms with Gasteiger partial charge in [0, 0.05) is 45.8 Å². The Hall–Kier alpha value is -0.860. The molecule has 0 saturated carbocycles. The summed E-state index contributed by atoms with van der Waals surface area (Å²) in [5.74, 6) is 1.42. The van der Waals surface area contributed by atoms with Crippen molar-refractivity contribution < 1.29 is 0 Å². The van der Waals surface area contributed by atoms with Gasteiger partial charge >= 0.3 is 0 Å². The van der Waals surface area contributed by atoms with E-state index in [-0.39, 0.29) is 24.0 Å². The van der Waals surface area contributed by atoms with Crippen molar-refractivity contribution in [2.24, 2.45) is 16.6 Å². The molecule has 6 heteroatoms. The van der Waals surface area contributed by atoms with Crippen molar-refractivity contribution in [2.45, 2.75) is 39.8 Å². The van der Waals surface area contributed by atoms with Gasteiger partial charge in [-0.3, -0.25) is 4.90 Å². The summed E-state index contributed by atoms with van der Waals surface area (Å²) in [6.07, 6.45) is 2.53. The van der Waals surface area contributed by atoms with Gasteiger partial charge in [0.1, 0.15) is 0 Å². The maximum absolute atomic E-state index is 6.20. The van der Waals surface area contributed by atoms with Crippen molar-refractivity contribution in [1.82, 2.24) is 14.7 Å².